The van der Waals surface area contributed by atoms with Gasteiger partial charge in [0.15, 0.2) is 0 Å². The topological polar surface area (TPSA) is 0 Å². The second-order valence-electron chi connectivity index (χ2n) is 4.47. The molecule has 3 aromatic rings. The molecule has 3 aromatic carbocycles. The van der Waals surface area contributed by atoms with Crippen LogP contribution in [0.4, 0.5) is 0 Å². The molecule has 0 unspecified atom stereocenters. The average molecular weight is 505 g/mol. The third-order valence-electron chi connectivity index (χ3n) is 3.19. The maximum atomic E-state index is 2.24. The van der Waals surface area contributed by atoms with E-state index in [0.717, 1.165) is 0 Å². The number of hydrogen-bond acceptors (Lipinski definition) is 0. The molecule has 0 bridgehead atoms. The summed E-state index contributed by atoms with van der Waals surface area (Å²) in [6, 6.07) is 32.5. The van der Waals surface area contributed by atoms with Gasteiger partial charge in [0, 0.05) is 0 Å². The van der Waals surface area contributed by atoms with Crippen LogP contribution in [0.1, 0.15) is 0 Å². The Labute approximate surface area is 159 Å². The predicted octanol–water partition coefficient (Wildman–Crippen LogP) is 4.53. The van der Waals surface area contributed by atoms with Crippen molar-refractivity contribution < 1.29 is 22.4 Å². The van der Waals surface area contributed by atoms with E-state index in [1.807, 2.05) is 0 Å². The average Bonchev–Trinajstić information content (AvgIpc) is 2.51. The molecule has 2 heteroatoms. The van der Waals surface area contributed by atoms with Gasteiger partial charge in [0.25, 0.3) is 0 Å². The first-order chi connectivity index (χ1) is 9.45. The second kappa shape index (κ2) is 12.3. The van der Waals surface area contributed by atoms with E-state index >= 15 is 0 Å². The van der Waals surface area contributed by atoms with Crippen LogP contribution in [0, 0.1) is 22.3 Å². The summed E-state index contributed by atoms with van der Waals surface area (Å²) in [6.07, 6.45) is 0. The van der Waals surface area contributed by atoms with Gasteiger partial charge in [-0.2, -0.15) is 0 Å². The fourth-order valence-electron chi connectivity index (χ4n) is 2.31. The van der Waals surface area contributed by atoms with Gasteiger partial charge in [-0.25, -0.2) is 0 Å². The molecule has 0 aliphatic rings. The predicted molar refractivity (Wildman–Crippen MR) is 106 cm³/mol. The van der Waals surface area contributed by atoms with Crippen LogP contribution in [-0.4, -0.2) is 0 Å². The molecule has 124 valence electrons. The molecule has 23 heavy (non-hydrogen) atoms. The molecule has 0 aliphatic carbocycles. The third-order valence-corrected chi connectivity index (χ3v) is 5.92. The molecular formula is C21H25AuP+. The van der Waals surface area contributed by atoms with Crippen molar-refractivity contribution in [2.24, 2.45) is 0 Å². The van der Waals surface area contributed by atoms with E-state index in [-0.39, 0.29) is 44.7 Å². The Morgan fingerprint density at radius 2 is 0.609 bits per heavy atom. The molecule has 0 aliphatic heterocycles. The van der Waals surface area contributed by atoms with Crippen molar-refractivity contribution in [3.63, 3.8) is 0 Å². The maximum Gasteiger partial charge on any atom is 3.00 e. The smallest absolute Gasteiger partial charge is 0.358 e. The number of rotatable bonds is 3. The van der Waals surface area contributed by atoms with E-state index in [4.69, 9.17) is 0 Å². The van der Waals surface area contributed by atoms with Gasteiger partial charge in [0.1, 0.15) is 15.9 Å². The Kier molecular flexibility index (Phi) is 12.9. The van der Waals surface area contributed by atoms with E-state index in [9.17, 15) is 0 Å². The summed E-state index contributed by atoms with van der Waals surface area (Å²) in [5.74, 6) is 0. The Bertz CT molecular complexity index is 530. The third kappa shape index (κ3) is 6.09. The summed E-state index contributed by atoms with van der Waals surface area (Å²) < 4.78 is 0. The molecule has 0 radical (unpaired) electrons. The molecule has 0 aromatic heterocycles. The molecule has 0 spiro atoms. The molecule has 0 nitrogen and oxygen atoms in total. The van der Waals surface area contributed by atoms with Gasteiger partial charge in [0.05, 0.1) is 7.92 Å². The minimum absolute atomic E-state index is 0. The normalized spacial score (nSPS) is 8.74. The van der Waals surface area contributed by atoms with Crippen LogP contribution < -0.4 is 15.9 Å². The Hall–Kier alpha value is -1.17. The Morgan fingerprint density at radius 3 is 0.826 bits per heavy atom. The van der Waals surface area contributed by atoms with E-state index in [1.165, 1.54) is 15.9 Å². The fourth-order valence-corrected chi connectivity index (χ4v) is 4.89. The SMILES string of the molecule is [Au+3].[CH3-].[CH3-].[CH3-].c1ccc([PH+](c2ccccc2)c2ccccc2)cc1. The van der Waals surface area contributed by atoms with Gasteiger partial charge in [-0.3, -0.25) is 0 Å². The van der Waals surface area contributed by atoms with Gasteiger partial charge in [0.2, 0.25) is 0 Å². The number of benzene rings is 3. The van der Waals surface area contributed by atoms with Crippen LogP contribution in [0.15, 0.2) is 91.0 Å². The molecule has 0 N–H and O–H groups in total. The summed E-state index contributed by atoms with van der Waals surface area (Å²) in [5, 5.41) is 4.31. The van der Waals surface area contributed by atoms with Crippen LogP contribution in [0.25, 0.3) is 0 Å². The van der Waals surface area contributed by atoms with Gasteiger partial charge in [-0.1, -0.05) is 54.6 Å². The van der Waals surface area contributed by atoms with Crippen molar-refractivity contribution in [2.75, 3.05) is 0 Å². The molecule has 0 saturated carbocycles. The van der Waals surface area contributed by atoms with Gasteiger partial charge in [-0.15, -0.1) is 0 Å². The Balaban J connectivity index is 0. The minimum atomic E-state index is -0.877. The van der Waals surface area contributed by atoms with Crippen molar-refractivity contribution in [3.05, 3.63) is 113 Å². The fraction of sp³-hybridized carbons (Fsp3) is 0. The monoisotopic (exact) mass is 505 g/mol. The van der Waals surface area contributed by atoms with Crippen LogP contribution >= 0.6 is 7.92 Å². The Morgan fingerprint density at radius 1 is 0.391 bits per heavy atom. The summed E-state index contributed by atoms with van der Waals surface area (Å²) in [5.41, 5.74) is 0. The van der Waals surface area contributed by atoms with E-state index in [1.54, 1.807) is 0 Å². The molecule has 0 saturated heterocycles. The van der Waals surface area contributed by atoms with Crippen LogP contribution in [0.3, 0.4) is 0 Å². The van der Waals surface area contributed by atoms with Crippen LogP contribution in [0.2, 0.25) is 0 Å². The van der Waals surface area contributed by atoms with Crippen LogP contribution in [-0.2, 0) is 22.4 Å². The zero-order chi connectivity index (χ0) is 12.9. The van der Waals surface area contributed by atoms with Crippen molar-refractivity contribution in [1.29, 1.82) is 0 Å². The summed E-state index contributed by atoms with van der Waals surface area (Å²) in [6.45, 7) is 0. The van der Waals surface area contributed by atoms with E-state index < -0.39 is 7.92 Å². The van der Waals surface area contributed by atoms with Crippen LogP contribution in [0.5, 0.6) is 0 Å². The van der Waals surface area contributed by atoms with Crippen molar-refractivity contribution in [1.82, 2.24) is 0 Å². The quantitative estimate of drug-likeness (QED) is 0.279. The van der Waals surface area contributed by atoms with Crippen molar-refractivity contribution in [3.8, 4) is 0 Å². The van der Waals surface area contributed by atoms with Crippen molar-refractivity contribution in [2.45, 2.75) is 0 Å². The zero-order valence-electron chi connectivity index (χ0n) is 14.0. The summed E-state index contributed by atoms with van der Waals surface area (Å²) in [7, 11) is -0.877. The summed E-state index contributed by atoms with van der Waals surface area (Å²) >= 11 is 0. The maximum absolute atomic E-state index is 2.24. The molecule has 0 fully saturated rings. The zero-order valence-corrected chi connectivity index (χ0v) is 17.1. The van der Waals surface area contributed by atoms with Crippen molar-refractivity contribution >= 4 is 23.8 Å². The van der Waals surface area contributed by atoms with Gasteiger partial charge >= 0.3 is 22.4 Å². The molecular weight excluding hydrogens is 480 g/mol. The molecule has 3 rings (SSSR count). The molecule has 0 heterocycles. The molecule has 0 atom stereocenters. The number of hydrogen-bond donors (Lipinski definition) is 0. The first-order valence-electron chi connectivity index (χ1n) is 6.48. The first kappa shape index (κ1) is 24.1. The minimum Gasteiger partial charge on any atom is -0.358 e. The molecule has 0 amide bonds. The van der Waals surface area contributed by atoms with E-state index in [2.05, 4.69) is 91.0 Å². The largest absolute Gasteiger partial charge is 3.00 e. The standard InChI is InChI=1S/C18H15P.3CH3.Au/c1-4-10-16(11-5-1)19(17-12-6-2-7-13-17)18-14-8-3-9-15-18;;;;/h1-15H;3*1H3;/q;3*-1;+3/p+1. The first-order valence-corrected chi connectivity index (χ1v) is 7.98. The van der Waals surface area contributed by atoms with Gasteiger partial charge < -0.3 is 22.3 Å². The van der Waals surface area contributed by atoms with Gasteiger partial charge in [-0.05, 0) is 36.4 Å². The summed E-state index contributed by atoms with van der Waals surface area (Å²) in [4.78, 5) is 0. The van der Waals surface area contributed by atoms with E-state index in [0.29, 0.717) is 0 Å². The second-order valence-corrected chi connectivity index (χ2v) is 6.96.